The van der Waals surface area contributed by atoms with Gasteiger partial charge in [0.25, 0.3) is 11.6 Å². The molecule has 0 bridgehead atoms. The molecular formula is C7H8BN3O5. The molecule has 84 valence electrons. The molecule has 0 saturated carbocycles. The van der Waals surface area contributed by atoms with Gasteiger partial charge in [0.05, 0.1) is 10.4 Å². The van der Waals surface area contributed by atoms with Crippen LogP contribution in [0.4, 0.5) is 5.69 Å². The summed E-state index contributed by atoms with van der Waals surface area (Å²) in [5.41, 5.74) is 0.914. The van der Waals surface area contributed by atoms with Crippen LogP contribution >= 0.6 is 0 Å². The molecule has 0 aliphatic carbocycles. The second-order valence-electron chi connectivity index (χ2n) is 2.88. The zero-order chi connectivity index (χ0) is 12.3. The number of nitrogens with zero attached hydrogens (tertiary/aromatic N) is 1. The SMILES string of the molecule is NNC(=O)c1ccc(B(O)O)c([N+](=O)[O-])c1. The fourth-order valence-corrected chi connectivity index (χ4v) is 1.14. The van der Waals surface area contributed by atoms with Crippen molar-refractivity contribution in [1.82, 2.24) is 5.43 Å². The molecule has 1 aromatic rings. The number of carbonyl (C=O) groups is 1. The Morgan fingerprint density at radius 2 is 2.12 bits per heavy atom. The van der Waals surface area contributed by atoms with E-state index in [4.69, 9.17) is 15.9 Å². The van der Waals surface area contributed by atoms with Crippen LogP contribution in [-0.2, 0) is 0 Å². The van der Waals surface area contributed by atoms with Crippen molar-refractivity contribution < 1.29 is 19.8 Å². The third-order valence-corrected chi connectivity index (χ3v) is 1.90. The summed E-state index contributed by atoms with van der Waals surface area (Å²) < 4.78 is 0. The van der Waals surface area contributed by atoms with Gasteiger partial charge in [0.15, 0.2) is 0 Å². The van der Waals surface area contributed by atoms with Crippen LogP contribution in [0.3, 0.4) is 0 Å². The molecule has 0 fully saturated rings. The van der Waals surface area contributed by atoms with E-state index >= 15 is 0 Å². The second kappa shape index (κ2) is 4.70. The number of hydrogen-bond donors (Lipinski definition) is 4. The number of nitro groups is 1. The van der Waals surface area contributed by atoms with Crippen molar-refractivity contribution >= 4 is 24.2 Å². The number of nitrogens with two attached hydrogens (primary N) is 1. The zero-order valence-corrected chi connectivity index (χ0v) is 7.95. The summed E-state index contributed by atoms with van der Waals surface area (Å²) in [5.74, 6) is 4.15. The van der Waals surface area contributed by atoms with Crippen molar-refractivity contribution in [3.05, 3.63) is 33.9 Å². The third kappa shape index (κ3) is 2.34. The number of nitrogens with one attached hydrogen (secondary N) is 1. The van der Waals surface area contributed by atoms with Gasteiger partial charge in [-0.05, 0) is 6.07 Å². The number of hydrazine groups is 1. The summed E-state index contributed by atoms with van der Waals surface area (Å²) in [5, 5.41) is 28.3. The zero-order valence-electron chi connectivity index (χ0n) is 7.95. The molecule has 0 unspecified atom stereocenters. The van der Waals surface area contributed by atoms with Gasteiger partial charge in [0, 0.05) is 11.6 Å². The molecule has 0 spiro atoms. The quantitative estimate of drug-likeness (QED) is 0.152. The largest absolute Gasteiger partial charge is 0.495 e. The molecule has 9 heteroatoms. The summed E-state index contributed by atoms with van der Waals surface area (Å²) in [6, 6.07) is 3.19. The van der Waals surface area contributed by atoms with E-state index < -0.39 is 23.6 Å². The van der Waals surface area contributed by atoms with Gasteiger partial charge in [0.1, 0.15) is 0 Å². The fraction of sp³-hybridized carbons (Fsp3) is 0. The van der Waals surface area contributed by atoms with Crippen LogP contribution in [0.1, 0.15) is 10.4 Å². The number of rotatable bonds is 3. The molecule has 5 N–H and O–H groups in total. The molecule has 1 aromatic carbocycles. The molecule has 0 aromatic heterocycles. The summed E-state index contributed by atoms with van der Waals surface area (Å²) >= 11 is 0. The average molecular weight is 225 g/mol. The fourth-order valence-electron chi connectivity index (χ4n) is 1.14. The number of nitro benzene ring substituents is 1. The Bertz CT molecular complexity index is 436. The van der Waals surface area contributed by atoms with E-state index in [9.17, 15) is 14.9 Å². The Labute approximate surface area is 90.0 Å². The Kier molecular flexibility index (Phi) is 3.56. The van der Waals surface area contributed by atoms with Crippen LogP contribution in [0.5, 0.6) is 0 Å². The minimum Gasteiger partial charge on any atom is -0.423 e. The number of benzene rings is 1. The van der Waals surface area contributed by atoms with E-state index in [-0.39, 0.29) is 11.0 Å². The van der Waals surface area contributed by atoms with E-state index in [0.717, 1.165) is 12.1 Å². The maximum atomic E-state index is 11.1. The smallest absolute Gasteiger partial charge is 0.423 e. The second-order valence-corrected chi connectivity index (χ2v) is 2.88. The lowest BCUT2D eigenvalue weighted by molar-refractivity contribution is -0.383. The number of amides is 1. The minimum absolute atomic E-state index is 0.0430. The first-order chi connectivity index (χ1) is 7.47. The van der Waals surface area contributed by atoms with E-state index in [1.807, 2.05) is 5.43 Å². The highest BCUT2D eigenvalue weighted by molar-refractivity contribution is 6.60. The van der Waals surface area contributed by atoms with Crippen molar-refractivity contribution in [1.29, 1.82) is 0 Å². The molecule has 0 aliphatic rings. The molecule has 1 amide bonds. The Hall–Kier alpha value is -1.97. The topological polar surface area (TPSA) is 139 Å². The van der Waals surface area contributed by atoms with Crippen LogP contribution in [0.2, 0.25) is 0 Å². The van der Waals surface area contributed by atoms with Crippen LogP contribution in [0, 0.1) is 10.1 Å². The van der Waals surface area contributed by atoms with Crippen LogP contribution in [0.25, 0.3) is 0 Å². The lowest BCUT2D eigenvalue weighted by Crippen LogP contribution is -2.34. The Morgan fingerprint density at radius 3 is 2.56 bits per heavy atom. The lowest BCUT2D eigenvalue weighted by atomic mass is 9.78. The molecule has 1 rings (SSSR count). The van der Waals surface area contributed by atoms with E-state index in [1.54, 1.807) is 0 Å². The third-order valence-electron chi connectivity index (χ3n) is 1.90. The molecular weight excluding hydrogens is 217 g/mol. The first kappa shape index (κ1) is 12.1. The highest BCUT2D eigenvalue weighted by atomic mass is 16.6. The summed E-state index contributed by atoms with van der Waals surface area (Å²) in [4.78, 5) is 20.9. The highest BCUT2D eigenvalue weighted by Gasteiger charge is 2.24. The van der Waals surface area contributed by atoms with Gasteiger partial charge in [-0.2, -0.15) is 0 Å². The molecule has 0 radical (unpaired) electrons. The average Bonchev–Trinajstić information content (AvgIpc) is 2.26. The van der Waals surface area contributed by atoms with Gasteiger partial charge >= 0.3 is 7.12 Å². The summed E-state index contributed by atoms with van der Waals surface area (Å²) in [7, 11) is -1.98. The maximum Gasteiger partial charge on any atom is 0.495 e. The van der Waals surface area contributed by atoms with Gasteiger partial charge in [-0.3, -0.25) is 20.3 Å². The maximum absolute atomic E-state index is 11.1. The van der Waals surface area contributed by atoms with Gasteiger partial charge in [-0.25, -0.2) is 5.84 Å². The molecule has 0 aliphatic heterocycles. The molecule has 0 atom stereocenters. The van der Waals surface area contributed by atoms with Gasteiger partial charge in [-0.15, -0.1) is 0 Å². The first-order valence-electron chi connectivity index (χ1n) is 4.12. The molecule has 16 heavy (non-hydrogen) atoms. The summed E-state index contributed by atoms with van der Waals surface area (Å²) in [6.07, 6.45) is 0. The standard InChI is InChI=1S/C7H8BN3O5/c9-10-7(12)4-1-2-5(8(13)14)6(3-4)11(15)16/h1-3,13-14H,9H2,(H,10,12). The molecule has 8 nitrogen and oxygen atoms in total. The van der Waals surface area contributed by atoms with Crippen molar-refractivity contribution in [2.75, 3.05) is 0 Å². The predicted octanol–water partition coefficient (Wildman–Crippen LogP) is -2.12. The van der Waals surface area contributed by atoms with Gasteiger partial charge in [-0.1, -0.05) is 6.07 Å². The normalized spacial score (nSPS) is 9.69. The van der Waals surface area contributed by atoms with Crippen molar-refractivity contribution in [3.63, 3.8) is 0 Å². The molecule has 0 saturated heterocycles. The summed E-state index contributed by atoms with van der Waals surface area (Å²) in [6.45, 7) is 0. The van der Waals surface area contributed by atoms with Crippen molar-refractivity contribution in [3.8, 4) is 0 Å². The van der Waals surface area contributed by atoms with Crippen LogP contribution in [-0.4, -0.2) is 28.0 Å². The number of nitrogen functional groups attached to an aromatic ring is 1. The highest BCUT2D eigenvalue weighted by Crippen LogP contribution is 2.11. The van der Waals surface area contributed by atoms with Crippen LogP contribution in [0.15, 0.2) is 18.2 Å². The minimum atomic E-state index is -1.98. The Morgan fingerprint density at radius 1 is 1.50 bits per heavy atom. The van der Waals surface area contributed by atoms with E-state index in [0.29, 0.717) is 0 Å². The lowest BCUT2D eigenvalue weighted by Gasteiger charge is -2.04. The van der Waals surface area contributed by atoms with Gasteiger partial charge in [0.2, 0.25) is 0 Å². The number of carbonyl (C=O) groups excluding carboxylic acids is 1. The molecule has 0 heterocycles. The van der Waals surface area contributed by atoms with E-state index in [1.165, 1.54) is 6.07 Å². The predicted molar refractivity (Wildman–Crippen MR) is 54.6 cm³/mol. The van der Waals surface area contributed by atoms with Crippen LogP contribution < -0.4 is 16.7 Å². The van der Waals surface area contributed by atoms with Crippen molar-refractivity contribution in [2.24, 2.45) is 5.84 Å². The Balaban J connectivity index is 3.28. The van der Waals surface area contributed by atoms with Gasteiger partial charge < -0.3 is 10.0 Å². The first-order valence-corrected chi connectivity index (χ1v) is 4.12. The van der Waals surface area contributed by atoms with Crippen molar-refractivity contribution in [2.45, 2.75) is 0 Å². The van der Waals surface area contributed by atoms with E-state index in [2.05, 4.69) is 0 Å². The monoisotopic (exact) mass is 225 g/mol. The number of hydrogen-bond acceptors (Lipinski definition) is 6.